The fourth-order valence-electron chi connectivity index (χ4n) is 2.66. The molecule has 1 aliphatic heterocycles. The Bertz CT molecular complexity index is 439. The first-order chi connectivity index (χ1) is 8.15. The molecule has 17 heavy (non-hydrogen) atoms. The molecule has 2 aliphatic rings. The Morgan fingerprint density at radius 1 is 1.18 bits per heavy atom. The van der Waals surface area contributed by atoms with E-state index in [0.717, 1.165) is 12.8 Å². The number of aromatic hydroxyl groups is 2. The molecule has 4 heteroatoms. The summed E-state index contributed by atoms with van der Waals surface area (Å²) in [5.74, 6) is 0.892. The number of hydrogen-bond acceptors (Lipinski definition) is 4. The van der Waals surface area contributed by atoms with Crippen LogP contribution in [0.25, 0.3) is 0 Å². The number of rotatable bonds is 1. The first kappa shape index (κ1) is 10.7. The molecule has 1 aliphatic carbocycles. The number of ether oxygens (including phenoxy) is 1. The predicted octanol–water partition coefficient (Wildman–Crippen LogP) is 1.56. The van der Waals surface area contributed by atoms with Crippen molar-refractivity contribution in [1.29, 1.82) is 0 Å². The zero-order valence-electron chi connectivity index (χ0n) is 9.47. The number of phenols is 2. The third-order valence-electron chi connectivity index (χ3n) is 3.84. The lowest BCUT2D eigenvalue weighted by Crippen LogP contribution is -2.45. The highest BCUT2D eigenvalue weighted by atomic mass is 16.5. The summed E-state index contributed by atoms with van der Waals surface area (Å²) in [5.41, 5.74) is 0.589. The summed E-state index contributed by atoms with van der Waals surface area (Å²) in [6, 6.07) is 2.78. The molecule has 3 rings (SSSR count). The van der Waals surface area contributed by atoms with E-state index < -0.39 is 6.10 Å². The van der Waals surface area contributed by atoms with Gasteiger partial charge in [0.05, 0.1) is 6.10 Å². The first-order valence-corrected chi connectivity index (χ1v) is 6.04. The van der Waals surface area contributed by atoms with E-state index in [1.807, 2.05) is 0 Å². The van der Waals surface area contributed by atoms with E-state index in [2.05, 4.69) is 0 Å². The van der Waals surface area contributed by atoms with Crippen LogP contribution in [-0.2, 0) is 6.42 Å². The maximum atomic E-state index is 10.0. The summed E-state index contributed by atoms with van der Waals surface area (Å²) in [4.78, 5) is 0. The Balaban J connectivity index is 1.92. The molecule has 0 saturated heterocycles. The summed E-state index contributed by atoms with van der Waals surface area (Å²) < 4.78 is 5.74. The van der Waals surface area contributed by atoms with Crippen LogP contribution in [0, 0.1) is 5.92 Å². The van der Waals surface area contributed by atoms with Crippen LogP contribution in [0.1, 0.15) is 24.8 Å². The fourth-order valence-corrected chi connectivity index (χ4v) is 2.66. The van der Waals surface area contributed by atoms with E-state index in [1.54, 1.807) is 0 Å². The molecule has 4 nitrogen and oxygen atoms in total. The lowest BCUT2D eigenvalue weighted by atomic mass is 9.77. The van der Waals surface area contributed by atoms with Crippen LogP contribution >= 0.6 is 0 Å². The second-order valence-electron chi connectivity index (χ2n) is 4.99. The van der Waals surface area contributed by atoms with E-state index in [9.17, 15) is 15.3 Å². The van der Waals surface area contributed by atoms with Gasteiger partial charge in [-0.05, 0) is 18.8 Å². The van der Waals surface area contributed by atoms with Crippen molar-refractivity contribution in [3.05, 3.63) is 17.7 Å². The molecule has 92 valence electrons. The average molecular weight is 236 g/mol. The highest BCUT2D eigenvalue weighted by molar-refractivity contribution is 5.51. The predicted molar refractivity (Wildman–Crippen MR) is 61.2 cm³/mol. The summed E-state index contributed by atoms with van der Waals surface area (Å²) in [6.45, 7) is 0. The van der Waals surface area contributed by atoms with E-state index in [0.29, 0.717) is 23.7 Å². The Morgan fingerprint density at radius 2 is 1.94 bits per heavy atom. The lowest BCUT2D eigenvalue weighted by Gasteiger charge is -2.39. The van der Waals surface area contributed by atoms with Gasteiger partial charge in [0.25, 0.3) is 0 Å². The van der Waals surface area contributed by atoms with Crippen LogP contribution in [0.15, 0.2) is 12.1 Å². The number of fused-ring (bicyclic) bond motifs is 1. The maximum absolute atomic E-state index is 10.0. The molecule has 1 aromatic carbocycles. The second kappa shape index (κ2) is 3.81. The molecule has 2 unspecified atom stereocenters. The van der Waals surface area contributed by atoms with E-state index >= 15 is 0 Å². The van der Waals surface area contributed by atoms with Crippen molar-refractivity contribution in [2.75, 3.05) is 0 Å². The molecule has 2 atom stereocenters. The molecular formula is C13H16O4. The number of phenolic OH excluding ortho intramolecular Hbond substituents is 2. The monoisotopic (exact) mass is 236 g/mol. The summed E-state index contributed by atoms with van der Waals surface area (Å²) in [6.07, 6.45) is 2.99. The van der Waals surface area contributed by atoms with Crippen molar-refractivity contribution in [3.8, 4) is 17.2 Å². The SMILES string of the molecule is Oc1cc(O)c2c(c1)OC(C1CCC1)C(O)C2. The highest BCUT2D eigenvalue weighted by Gasteiger charge is 2.38. The van der Waals surface area contributed by atoms with Crippen molar-refractivity contribution in [2.24, 2.45) is 5.92 Å². The first-order valence-electron chi connectivity index (χ1n) is 6.04. The molecule has 0 amide bonds. The smallest absolute Gasteiger partial charge is 0.130 e. The summed E-state index contributed by atoms with van der Waals surface area (Å²) in [5, 5.41) is 29.2. The van der Waals surface area contributed by atoms with Gasteiger partial charge >= 0.3 is 0 Å². The van der Waals surface area contributed by atoms with E-state index in [-0.39, 0.29) is 17.6 Å². The highest BCUT2D eigenvalue weighted by Crippen LogP contribution is 2.42. The van der Waals surface area contributed by atoms with Gasteiger partial charge in [0.15, 0.2) is 0 Å². The maximum Gasteiger partial charge on any atom is 0.130 e. The van der Waals surface area contributed by atoms with Crippen molar-refractivity contribution in [2.45, 2.75) is 37.9 Å². The Morgan fingerprint density at radius 3 is 2.59 bits per heavy atom. The molecule has 0 radical (unpaired) electrons. The minimum atomic E-state index is -0.566. The normalized spacial score (nSPS) is 28.1. The van der Waals surface area contributed by atoms with E-state index in [4.69, 9.17) is 4.74 Å². The van der Waals surface area contributed by atoms with Crippen molar-refractivity contribution in [1.82, 2.24) is 0 Å². The number of aliphatic hydroxyl groups is 1. The van der Waals surface area contributed by atoms with Crippen LogP contribution in [0.4, 0.5) is 0 Å². The van der Waals surface area contributed by atoms with Gasteiger partial charge in [0, 0.05) is 24.1 Å². The van der Waals surface area contributed by atoms with E-state index in [1.165, 1.54) is 18.6 Å². The van der Waals surface area contributed by atoms with Crippen LogP contribution in [0.3, 0.4) is 0 Å². The van der Waals surface area contributed by atoms with Gasteiger partial charge in [-0.25, -0.2) is 0 Å². The Labute approximate surface area is 99.5 Å². The lowest BCUT2D eigenvalue weighted by molar-refractivity contribution is -0.0347. The molecule has 1 heterocycles. The molecular weight excluding hydrogens is 220 g/mol. The molecule has 0 aromatic heterocycles. The number of aliphatic hydroxyl groups excluding tert-OH is 1. The molecule has 3 N–H and O–H groups in total. The van der Waals surface area contributed by atoms with Gasteiger partial charge in [-0.2, -0.15) is 0 Å². The van der Waals surface area contributed by atoms with Gasteiger partial charge in [-0.3, -0.25) is 0 Å². The summed E-state index contributed by atoms with van der Waals surface area (Å²) in [7, 11) is 0. The van der Waals surface area contributed by atoms with Crippen molar-refractivity contribution in [3.63, 3.8) is 0 Å². The quantitative estimate of drug-likeness (QED) is 0.692. The zero-order valence-corrected chi connectivity index (χ0v) is 9.47. The minimum absolute atomic E-state index is 0.00823. The molecule has 0 spiro atoms. The Hall–Kier alpha value is -1.42. The molecule has 1 fully saturated rings. The summed E-state index contributed by atoms with van der Waals surface area (Å²) >= 11 is 0. The molecule has 1 aromatic rings. The molecule has 0 bridgehead atoms. The van der Waals surface area contributed by atoms with Crippen molar-refractivity contribution < 1.29 is 20.1 Å². The van der Waals surface area contributed by atoms with Crippen LogP contribution in [0.5, 0.6) is 17.2 Å². The van der Waals surface area contributed by atoms with Gasteiger partial charge in [-0.1, -0.05) is 6.42 Å². The third-order valence-corrected chi connectivity index (χ3v) is 3.84. The number of benzene rings is 1. The zero-order chi connectivity index (χ0) is 12.0. The second-order valence-corrected chi connectivity index (χ2v) is 4.99. The van der Waals surface area contributed by atoms with Crippen LogP contribution in [0.2, 0.25) is 0 Å². The average Bonchev–Trinajstić information content (AvgIpc) is 2.18. The van der Waals surface area contributed by atoms with Gasteiger partial charge in [0.2, 0.25) is 0 Å². The van der Waals surface area contributed by atoms with Gasteiger partial charge in [0.1, 0.15) is 23.4 Å². The standard InChI is InChI=1S/C13H16O4/c14-8-4-10(15)9-6-11(16)13(7-2-1-3-7)17-12(9)5-8/h4-5,7,11,13-16H,1-3,6H2. The Kier molecular flexibility index (Phi) is 2.40. The number of hydrogen-bond donors (Lipinski definition) is 3. The topological polar surface area (TPSA) is 69.9 Å². The third kappa shape index (κ3) is 1.72. The minimum Gasteiger partial charge on any atom is -0.508 e. The fraction of sp³-hybridized carbons (Fsp3) is 0.538. The van der Waals surface area contributed by atoms with Crippen LogP contribution < -0.4 is 4.74 Å². The van der Waals surface area contributed by atoms with Gasteiger partial charge < -0.3 is 20.1 Å². The largest absolute Gasteiger partial charge is 0.508 e. The van der Waals surface area contributed by atoms with Gasteiger partial charge in [-0.15, -0.1) is 0 Å². The van der Waals surface area contributed by atoms with Crippen LogP contribution in [-0.4, -0.2) is 27.5 Å². The van der Waals surface area contributed by atoms with Crippen molar-refractivity contribution >= 4 is 0 Å². The molecule has 1 saturated carbocycles.